The molecule has 0 bridgehead atoms. The molecule has 0 spiro atoms. The summed E-state index contributed by atoms with van der Waals surface area (Å²) >= 11 is 1.69. The minimum atomic E-state index is -5.62. The van der Waals surface area contributed by atoms with E-state index in [9.17, 15) is 42.1 Å². The Morgan fingerprint density at radius 2 is 1.53 bits per heavy atom. The van der Waals surface area contributed by atoms with Crippen LogP contribution in [0.15, 0.2) is 47.4 Å². The van der Waals surface area contributed by atoms with Crippen LogP contribution >= 0.6 is 11.8 Å². The summed E-state index contributed by atoms with van der Waals surface area (Å²) in [6.07, 6.45) is -3.63. The molecular weight excluding hydrogens is 527 g/mol. The molecule has 210 valence electrons. The Balaban J connectivity index is 1.50. The molecule has 3 atom stereocenters. The molecule has 1 heterocycles. The number of unbranched alkanes of at least 4 members (excludes halogenated alkanes) is 3. The van der Waals surface area contributed by atoms with Crippen molar-refractivity contribution in [3.05, 3.63) is 53.6 Å². The van der Waals surface area contributed by atoms with E-state index < -0.39 is 36.8 Å². The van der Waals surface area contributed by atoms with E-state index in [0.717, 1.165) is 41.9 Å². The largest absolute Gasteiger partial charge is 0.508 e. The molecule has 0 radical (unpaired) electrons. The molecule has 1 aliphatic rings. The molecule has 0 aliphatic carbocycles. The first-order chi connectivity index (χ1) is 17.9. The third-order valence-electron chi connectivity index (χ3n) is 7.25. The number of aromatic hydroxyl groups is 2. The molecule has 3 N–H and O–H groups in total. The number of hydrogen-bond acceptors (Lipinski definition) is 4. The Bertz CT molecular complexity index is 1060. The summed E-state index contributed by atoms with van der Waals surface area (Å²) in [4.78, 5) is 12.5. The number of phenols is 2. The second kappa shape index (κ2) is 13.0. The van der Waals surface area contributed by atoms with Gasteiger partial charge in [0.15, 0.2) is 0 Å². The van der Waals surface area contributed by atoms with Gasteiger partial charge in [-0.3, -0.25) is 4.79 Å². The predicted octanol–water partition coefficient (Wildman–Crippen LogP) is 8.48. The third-order valence-corrected chi connectivity index (χ3v) is 8.44. The van der Waals surface area contributed by atoms with E-state index in [1.807, 2.05) is 18.2 Å². The molecule has 0 saturated carbocycles. The van der Waals surface area contributed by atoms with E-state index >= 15 is 0 Å². The summed E-state index contributed by atoms with van der Waals surface area (Å²) in [5.74, 6) is -5.23. The molecule has 1 aliphatic heterocycles. The Morgan fingerprint density at radius 1 is 0.895 bits per heavy atom. The quantitative estimate of drug-likeness (QED) is 0.169. The van der Waals surface area contributed by atoms with Gasteiger partial charge in [0.1, 0.15) is 11.5 Å². The van der Waals surface area contributed by atoms with Crippen molar-refractivity contribution in [1.29, 1.82) is 0 Å². The number of thioether (sulfide) groups is 1. The first-order valence-electron chi connectivity index (χ1n) is 12.8. The summed E-state index contributed by atoms with van der Waals surface area (Å²) in [6, 6.07) is 12.6. The molecule has 4 nitrogen and oxygen atoms in total. The SMILES string of the molecule is O=C(O)C(CCCCCC[C@@H]1c2ccc(O)cc2SC[C@@H]1c1ccc(O)cc1)CCCC(F)(F)C(F)(F)F. The normalized spacial score (nSPS) is 18.7. The molecule has 10 heteroatoms. The van der Waals surface area contributed by atoms with Crippen LogP contribution in [0, 0.1) is 5.92 Å². The molecule has 2 aromatic carbocycles. The molecule has 0 saturated heterocycles. The zero-order chi connectivity index (χ0) is 27.9. The minimum absolute atomic E-state index is 0.202. The number of phenolic OH excluding ortho intramolecular Hbond substituents is 2. The highest BCUT2D eigenvalue weighted by atomic mass is 32.2. The molecule has 0 aromatic heterocycles. The van der Waals surface area contributed by atoms with Gasteiger partial charge in [-0.2, -0.15) is 22.0 Å². The van der Waals surface area contributed by atoms with Crippen LogP contribution in [-0.2, 0) is 4.79 Å². The van der Waals surface area contributed by atoms with E-state index in [-0.39, 0.29) is 36.2 Å². The average Bonchev–Trinajstić information content (AvgIpc) is 2.84. The number of carboxylic acid groups (broad SMARTS) is 1. The second-order valence-corrected chi connectivity index (χ2v) is 11.0. The maximum absolute atomic E-state index is 13.1. The molecule has 3 rings (SSSR count). The molecule has 0 amide bonds. The predicted molar refractivity (Wildman–Crippen MR) is 136 cm³/mol. The Morgan fingerprint density at radius 3 is 2.18 bits per heavy atom. The van der Waals surface area contributed by atoms with Crippen molar-refractivity contribution < 1.29 is 42.1 Å². The number of alkyl halides is 5. The van der Waals surface area contributed by atoms with Crippen LogP contribution in [0.25, 0.3) is 0 Å². The topological polar surface area (TPSA) is 77.8 Å². The lowest BCUT2D eigenvalue weighted by molar-refractivity contribution is -0.284. The van der Waals surface area contributed by atoms with Crippen molar-refractivity contribution in [2.24, 2.45) is 5.92 Å². The number of carbonyl (C=O) groups is 1. The van der Waals surface area contributed by atoms with E-state index in [4.69, 9.17) is 0 Å². The van der Waals surface area contributed by atoms with Crippen LogP contribution in [0.4, 0.5) is 22.0 Å². The first kappa shape index (κ1) is 30.1. The number of rotatable bonds is 13. The lowest BCUT2D eigenvalue weighted by Gasteiger charge is -2.34. The van der Waals surface area contributed by atoms with Gasteiger partial charge in [0.05, 0.1) is 5.92 Å². The highest BCUT2D eigenvalue weighted by Gasteiger charge is 2.56. The van der Waals surface area contributed by atoms with Gasteiger partial charge in [0.2, 0.25) is 0 Å². The number of carboxylic acids is 1. The van der Waals surface area contributed by atoms with Gasteiger partial charge in [-0.25, -0.2) is 0 Å². The van der Waals surface area contributed by atoms with Gasteiger partial charge in [-0.05, 0) is 67.0 Å². The number of halogens is 5. The summed E-state index contributed by atoms with van der Waals surface area (Å²) in [6.45, 7) is 0. The van der Waals surface area contributed by atoms with Gasteiger partial charge in [0.25, 0.3) is 0 Å². The lowest BCUT2D eigenvalue weighted by atomic mass is 9.79. The first-order valence-corrected chi connectivity index (χ1v) is 13.8. The van der Waals surface area contributed by atoms with Crippen molar-refractivity contribution in [2.75, 3.05) is 5.75 Å². The van der Waals surface area contributed by atoms with Crippen molar-refractivity contribution >= 4 is 17.7 Å². The van der Waals surface area contributed by atoms with E-state index in [1.54, 1.807) is 36.0 Å². The standard InChI is InChI=1S/C28H33F5O4S/c29-27(30,28(31,32)33)15-5-7-19(26(36)37)6-3-1-2-4-8-22-23-14-13-21(35)16-25(23)38-17-24(22)18-9-11-20(34)12-10-18/h9-14,16,19,22,24,34-35H,1-8,15,17H2,(H,36,37)/t19?,22-,24-/m1/s1. The van der Waals surface area contributed by atoms with Gasteiger partial charge in [-0.15, -0.1) is 11.8 Å². The highest BCUT2D eigenvalue weighted by Crippen LogP contribution is 2.49. The fourth-order valence-electron chi connectivity index (χ4n) is 5.09. The second-order valence-electron chi connectivity index (χ2n) is 9.96. The van der Waals surface area contributed by atoms with Gasteiger partial charge in [0, 0.05) is 23.0 Å². The van der Waals surface area contributed by atoms with Crippen LogP contribution < -0.4 is 0 Å². The maximum Gasteiger partial charge on any atom is 0.453 e. The van der Waals surface area contributed by atoms with Crippen molar-refractivity contribution in [3.63, 3.8) is 0 Å². The van der Waals surface area contributed by atoms with Crippen molar-refractivity contribution in [3.8, 4) is 11.5 Å². The smallest absolute Gasteiger partial charge is 0.453 e. The summed E-state index contributed by atoms with van der Waals surface area (Å²) in [5, 5.41) is 28.9. The lowest BCUT2D eigenvalue weighted by Crippen LogP contribution is -2.36. The van der Waals surface area contributed by atoms with Gasteiger partial charge in [-0.1, -0.05) is 43.9 Å². The van der Waals surface area contributed by atoms with Crippen molar-refractivity contribution in [2.45, 2.75) is 86.6 Å². The van der Waals surface area contributed by atoms with E-state index in [1.165, 1.54) is 5.56 Å². The Hall–Kier alpha value is -2.49. The minimum Gasteiger partial charge on any atom is -0.508 e. The van der Waals surface area contributed by atoms with Crippen LogP contribution in [0.1, 0.15) is 80.8 Å². The Kier molecular flexibility index (Phi) is 10.3. The molecule has 1 unspecified atom stereocenters. The summed E-state index contributed by atoms with van der Waals surface area (Å²) in [5.41, 5.74) is 2.29. The number of aliphatic carboxylic acids is 1. The monoisotopic (exact) mass is 560 g/mol. The zero-order valence-electron chi connectivity index (χ0n) is 20.9. The molecular formula is C28H33F5O4S. The Labute approximate surface area is 223 Å². The maximum atomic E-state index is 13.1. The fraction of sp³-hybridized carbons (Fsp3) is 0.536. The number of benzene rings is 2. The molecule has 0 fully saturated rings. The van der Waals surface area contributed by atoms with Gasteiger partial charge >= 0.3 is 18.1 Å². The molecule has 38 heavy (non-hydrogen) atoms. The van der Waals surface area contributed by atoms with Crippen molar-refractivity contribution in [1.82, 2.24) is 0 Å². The van der Waals surface area contributed by atoms with Gasteiger partial charge < -0.3 is 15.3 Å². The van der Waals surface area contributed by atoms with E-state index in [0.29, 0.717) is 6.42 Å². The summed E-state index contributed by atoms with van der Waals surface area (Å²) in [7, 11) is 0. The number of fused-ring (bicyclic) bond motifs is 1. The third kappa shape index (κ3) is 8.01. The molecule has 2 aromatic rings. The van der Waals surface area contributed by atoms with Crippen LogP contribution in [0.3, 0.4) is 0 Å². The van der Waals surface area contributed by atoms with Crippen LogP contribution in [-0.4, -0.2) is 39.1 Å². The van der Waals surface area contributed by atoms with E-state index in [2.05, 4.69) is 0 Å². The summed E-state index contributed by atoms with van der Waals surface area (Å²) < 4.78 is 63.2. The average molecular weight is 561 g/mol. The number of hydrogen-bond donors (Lipinski definition) is 3. The highest BCUT2D eigenvalue weighted by molar-refractivity contribution is 7.99. The fourth-order valence-corrected chi connectivity index (χ4v) is 6.46. The zero-order valence-corrected chi connectivity index (χ0v) is 21.7. The van der Waals surface area contributed by atoms with Crippen LogP contribution in [0.2, 0.25) is 0 Å². The van der Waals surface area contributed by atoms with Crippen LogP contribution in [0.5, 0.6) is 11.5 Å².